The number of aliphatic hydroxyl groups is 1. The van der Waals surface area contributed by atoms with E-state index < -0.39 is 24.0 Å². The van der Waals surface area contributed by atoms with Crippen molar-refractivity contribution in [2.24, 2.45) is 0 Å². The predicted octanol–water partition coefficient (Wildman–Crippen LogP) is 5.31. The van der Waals surface area contributed by atoms with Gasteiger partial charge in [-0.05, 0) is 41.7 Å². The van der Waals surface area contributed by atoms with E-state index in [0.717, 1.165) is 27.7 Å². The number of halogens is 4. The minimum absolute atomic E-state index is 0.0622. The van der Waals surface area contributed by atoms with Crippen LogP contribution >= 0.6 is 0 Å². The lowest BCUT2D eigenvalue weighted by molar-refractivity contribution is -0.148. The summed E-state index contributed by atoms with van der Waals surface area (Å²) in [4.78, 5) is 6.53. The normalized spacial score (nSPS) is 23.9. The quantitative estimate of drug-likeness (QED) is 0.453. The van der Waals surface area contributed by atoms with Crippen LogP contribution in [0.5, 0.6) is 0 Å². The van der Waals surface area contributed by atoms with Gasteiger partial charge in [0.15, 0.2) is 0 Å². The van der Waals surface area contributed by atoms with Crippen LogP contribution in [-0.2, 0) is 5.41 Å². The van der Waals surface area contributed by atoms with Crippen molar-refractivity contribution in [1.29, 1.82) is 0 Å². The summed E-state index contributed by atoms with van der Waals surface area (Å²) in [6.07, 6.45) is -3.20. The molecule has 5 rings (SSSR count). The van der Waals surface area contributed by atoms with Gasteiger partial charge in [-0.25, -0.2) is 22.5 Å². The van der Waals surface area contributed by atoms with Crippen LogP contribution in [0.15, 0.2) is 22.6 Å². The average Bonchev–Trinajstić information content (AvgIpc) is 3.37. The van der Waals surface area contributed by atoms with Crippen molar-refractivity contribution in [2.75, 3.05) is 23.3 Å². The summed E-state index contributed by atoms with van der Waals surface area (Å²) in [5, 5.41) is 21.5. The Morgan fingerprint density at radius 3 is 2.50 bits per heavy atom. The number of rotatable bonds is 5. The third-order valence-electron chi connectivity index (χ3n) is 7.03. The number of anilines is 2. The molecule has 0 atom stereocenters. The smallest absolute Gasteiger partial charge is 0.316 e. The van der Waals surface area contributed by atoms with E-state index in [9.17, 15) is 22.7 Å². The fourth-order valence-electron chi connectivity index (χ4n) is 4.93. The maximum absolute atomic E-state index is 13.9. The van der Waals surface area contributed by atoms with E-state index in [1.807, 2.05) is 39.8 Å². The van der Waals surface area contributed by atoms with Crippen LogP contribution in [0.25, 0.3) is 22.5 Å². The van der Waals surface area contributed by atoms with Crippen LogP contribution < -0.4 is 10.2 Å². The molecule has 1 saturated heterocycles. The number of fused-ring (bicyclic) bond motifs is 1. The van der Waals surface area contributed by atoms with Crippen LogP contribution in [0.1, 0.15) is 51.2 Å². The molecule has 2 fully saturated rings. The van der Waals surface area contributed by atoms with Crippen molar-refractivity contribution in [3.8, 4) is 11.6 Å². The molecule has 0 radical (unpaired) electrons. The molecular weight excluding hydrogens is 478 g/mol. The van der Waals surface area contributed by atoms with Crippen LogP contribution in [0, 0.1) is 6.92 Å². The number of pyridine rings is 1. The number of hydrogen-bond donors (Lipinski definition) is 2. The van der Waals surface area contributed by atoms with Gasteiger partial charge >= 0.3 is 6.01 Å². The highest BCUT2D eigenvalue weighted by molar-refractivity contribution is 5.91. The zero-order valence-electron chi connectivity index (χ0n) is 20.6. The van der Waals surface area contributed by atoms with E-state index in [0.29, 0.717) is 12.2 Å². The largest absolute Gasteiger partial charge is 0.402 e. The first-order chi connectivity index (χ1) is 16.7. The highest BCUT2D eigenvalue weighted by Gasteiger charge is 2.50. The minimum Gasteiger partial charge on any atom is -0.402 e. The van der Waals surface area contributed by atoms with Gasteiger partial charge in [0.05, 0.1) is 12.1 Å². The second-order valence-corrected chi connectivity index (χ2v) is 11.1. The Morgan fingerprint density at radius 2 is 1.89 bits per heavy atom. The van der Waals surface area contributed by atoms with Crippen molar-refractivity contribution in [3.05, 3.63) is 29.3 Å². The molecule has 1 saturated carbocycles. The number of alkyl halides is 4. The minimum atomic E-state index is -2.81. The molecule has 0 unspecified atom stereocenters. The Balaban J connectivity index is 1.47. The van der Waals surface area contributed by atoms with E-state index in [1.165, 1.54) is 0 Å². The topological polar surface area (TPSA) is 87.3 Å². The van der Waals surface area contributed by atoms with Gasteiger partial charge in [-0.3, -0.25) is 0 Å². The molecular formula is C25H29F4N5O2. The molecule has 2 N–H and O–H groups in total. The van der Waals surface area contributed by atoms with E-state index in [2.05, 4.69) is 15.5 Å². The van der Waals surface area contributed by atoms with Crippen LogP contribution in [-0.4, -0.2) is 57.4 Å². The van der Waals surface area contributed by atoms with Crippen molar-refractivity contribution < 1.29 is 27.1 Å². The fraction of sp³-hybridized carbons (Fsp3) is 0.560. The van der Waals surface area contributed by atoms with Gasteiger partial charge in [-0.15, -0.1) is 5.10 Å². The number of aryl methyl sites for hydroxylation is 1. The fourth-order valence-corrected chi connectivity index (χ4v) is 4.93. The van der Waals surface area contributed by atoms with Crippen LogP contribution in [0.2, 0.25) is 0 Å². The highest BCUT2D eigenvalue weighted by Crippen LogP contribution is 2.40. The summed E-state index contributed by atoms with van der Waals surface area (Å²) >= 11 is 0. The van der Waals surface area contributed by atoms with Crippen molar-refractivity contribution in [2.45, 2.75) is 76.4 Å². The molecule has 2 aliphatic rings. The first-order valence-electron chi connectivity index (χ1n) is 11.9. The van der Waals surface area contributed by atoms with E-state index >= 15 is 0 Å². The molecule has 0 amide bonds. The Labute approximate surface area is 205 Å². The molecule has 3 aromatic rings. The maximum atomic E-state index is 13.9. The lowest BCUT2D eigenvalue weighted by Gasteiger charge is -2.42. The van der Waals surface area contributed by atoms with E-state index in [4.69, 9.17) is 9.40 Å². The first-order valence-corrected chi connectivity index (χ1v) is 11.9. The van der Waals surface area contributed by atoms with Gasteiger partial charge in [0, 0.05) is 42.9 Å². The molecule has 36 heavy (non-hydrogen) atoms. The Hall–Kier alpha value is -2.95. The van der Waals surface area contributed by atoms with Gasteiger partial charge in [-0.2, -0.15) is 0 Å². The molecule has 1 aliphatic carbocycles. The summed E-state index contributed by atoms with van der Waals surface area (Å²) < 4.78 is 59.2. The maximum Gasteiger partial charge on any atom is 0.316 e. The van der Waals surface area contributed by atoms with Crippen molar-refractivity contribution >= 4 is 22.6 Å². The lowest BCUT2D eigenvalue weighted by Crippen LogP contribution is -2.55. The Kier molecular flexibility index (Phi) is 5.70. The van der Waals surface area contributed by atoms with Crippen LogP contribution in [0.3, 0.4) is 0 Å². The number of hydrogen-bond acceptors (Lipinski definition) is 7. The van der Waals surface area contributed by atoms with E-state index in [1.54, 1.807) is 11.0 Å². The second-order valence-electron chi connectivity index (χ2n) is 11.1. The second kappa shape index (κ2) is 8.29. The molecule has 7 nitrogen and oxygen atoms in total. The number of nitrogens with one attached hydrogen (secondary N) is 1. The molecule has 0 spiro atoms. The summed E-state index contributed by atoms with van der Waals surface area (Å²) in [6.45, 7) is 8.03. The monoisotopic (exact) mass is 507 g/mol. The molecule has 3 heterocycles. The zero-order valence-corrected chi connectivity index (χ0v) is 20.6. The van der Waals surface area contributed by atoms with Gasteiger partial charge in [0.25, 0.3) is 18.2 Å². The Morgan fingerprint density at radius 1 is 1.17 bits per heavy atom. The lowest BCUT2D eigenvalue weighted by atomic mass is 9.76. The molecule has 194 valence electrons. The summed E-state index contributed by atoms with van der Waals surface area (Å²) in [5.41, 5.74) is 1.41. The highest BCUT2D eigenvalue weighted by atomic mass is 19.3. The molecule has 1 aromatic carbocycles. The average molecular weight is 508 g/mol. The number of benzene rings is 1. The van der Waals surface area contributed by atoms with E-state index in [-0.39, 0.29) is 43.1 Å². The number of aromatic nitrogens is 3. The summed E-state index contributed by atoms with van der Waals surface area (Å²) in [6, 6.07) is 5.30. The van der Waals surface area contributed by atoms with Crippen LogP contribution in [0.4, 0.5) is 29.3 Å². The molecule has 0 bridgehead atoms. The zero-order chi connectivity index (χ0) is 26.0. The molecule has 1 aliphatic heterocycles. The SMILES string of the molecule is Cc1cc(-c2nnc(N[C@H]3C[C@](O)(C(F)F)C3)o2)nc2c(C(C)(C)C)cc(N3CCC(F)(F)C3)cc12. The van der Waals surface area contributed by atoms with Gasteiger partial charge in [-0.1, -0.05) is 25.9 Å². The Bertz CT molecular complexity index is 1300. The van der Waals surface area contributed by atoms with Gasteiger partial charge in [0.1, 0.15) is 11.3 Å². The summed E-state index contributed by atoms with van der Waals surface area (Å²) in [7, 11) is 0. The first kappa shape index (κ1) is 24.7. The van der Waals surface area contributed by atoms with Crippen molar-refractivity contribution in [3.63, 3.8) is 0 Å². The van der Waals surface area contributed by atoms with Gasteiger partial charge in [0.2, 0.25) is 0 Å². The standard InChI is InChI=1S/C25H29F4N5O2/c1-13-7-18(20-32-33-22(36-20)30-14-10-24(35,11-14)21(26)27)31-19-16(13)8-15(9-17(19)23(2,3)4)34-6-5-25(28,29)12-34/h7-9,14,21,35H,5-6,10-12H2,1-4H3,(H,30,33)/t14-,24+. The summed E-state index contributed by atoms with van der Waals surface area (Å²) in [5.74, 6) is -2.54. The van der Waals surface area contributed by atoms with Crippen molar-refractivity contribution in [1.82, 2.24) is 15.2 Å². The predicted molar refractivity (Wildman–Crippen MR) is 128 cm³/mol. The number of nitrogens with zero attached hydrogens (tertiary/aromatic N) is 4. The third-order valence-corrected chi connectivity index (χ3v) is 7.03. The molecule has 11 heteroatoms. The molecule has 2 aromatic heterocycles. The third kappa shape index (κ3) is 4.49. The van der Waals surface area contributed by atoms with Gasteiger partial charge < -0.3 is 19.7 Å².